The van der Waals surface area contributed by atoms with Crippen LogP contribution < -0.4 is 10.6 Å². The monoisotopic (exact) mass is 441 g/mol. The fraction of sp³-hybridized carbons (Fsp3) is 0.650. The van der Waals surface area contributed by atoms with Crippen molar-refractivity contribution in [3.63, 3.8) is 0 Å². The first-order valence-corrected chi connectivity index (χ1v) is 11.8. The Hall–Kier alpha value is -1.58. The minimum atomic E-state index is -0.532. The fourth-order valence-corrected chi connectivity index (χ4v) is 5.90. The summed E-state index contributed by atoms with van der Waals surface area (Å²) in [4.78, 5) is 39.7. The minimum Gasteiger partial charge on any atom is -0.462 e. The van der Waals surface area contributed by atoms with Gasteiger partial charge in [-0.15, -0.1) is 11.3 Å². The summed E-state index contributed by atoms with van der Waals surface area (Å²) in [6.45, 7) is 6.05. The zero-order valence-electron chi connectivity index (χ0n) is 17.8. The normalized spacial score (nSPS) is 18.7. The number of thioether (sulfide) groups is 1. The molecule has 0 spiro atoms. The zero-order valence-corrected chi connectivity index (χ0v) is 19.4. The number of likely N-dealkylation sites (N-methyl/N-ethyl adjacent to an activating group) is 1. The highest BCUT2D eigenvalue weighted by atomic mass is 32.2. The van der Waals surface area contributed by atoms with Crippen LogP contribution in [-0.4, -0.2) is 67.0 Å². The van der Waals surface area contributed by atoms with Crippen LogP contribution in [0.1, 0.15) is 58.7 Å². The molecule has 1 aromatic heterocycles. The van der Waals surface area contributed by atoms with Crippen molar-refractivity contribution in [2.24, 2.45) is 0 Å². The Morgan fingerprint density at radius 1 is 1.28 bits per heavy atom. The molecule has 0 unspecified atom stereocenters. The van der Waals surface area contributed by atoms with E-state index in [9.17, 15) is 14.4 Å². The number of rotatable bonds is 9. The van der Waals surface area contributed by atoms with Gasteiger partial charge in [0.1, 0.15) is 5.00 Å². The van der Waals surface area contributed by atoms with Crippen LogP contribution in [0.2, 0.25) is 0 Å². The number of nitrogens with zero attached hydrogens (tertiary/aromatic N) is 1. The highest BCUT2D eigenvalue weighted by Crippen LogP contribution is 2.34. The molecule has 9 heteroatoms. The SMILES string of the molecule is CCOC(=O)c1c(NC(=O)CN(C)[C@@H]2CC[C@H](SCC)C2)sc(C(=O)NC)c1C. The third kappa shape index (κ3) is 5.96. The molecular formula is C20H31N3O4S2. The van der Waals surface area contributed by atoms with Crippen LogP contribution in [0, 0.1) is 6.92 Å². The fourth-order valence-electron chi connectivity index (χ4n) is 3.61. The largest absolute Gasteiger partial charge is 0.462 e. The number of carbonyl (C=O) groups excluding carboxylic acids is 3. The van der Waals surface area contributed by atoms with E-state index in [0.29, 0.717) is 26.7 Å². The van der Waals surface area contributed by atoms with Gasteiger partial charge >= 0.3 is 5.97 Å². The predicted octanol–water partition coefficient (Wildman–Crippen LogP) is 3.14. The standard InChI is InChI=1S/C20H31N3O4S2/c1-6-27-20(26)16-12(3)17(18(25)21-4)29-19(16)22-15(24)11-23(5)13-8-9-14(10-13)28-7-2/h13-14H,6-11H2,1-5H3,(H,21,25)(H,22,24)/t13-,14+/m1/s1. The van der Waals surface area contributed by atoms with E-state index >= 15 is 0 Å². The maximum absolute atomic E-state index is 12.7. The molecule has 1 aliphatic rings. The van der Waals surface area contributed by atoms with Crippen molar-refractivity contribution in [2.45, 2.75) is 51.3 Å². The van der Waals surface area contributed by atoms with E-state index in [1.54, 1.807) is 13.8 Å². The van der Waals surface area contributed by atoms with E-state index < -0.39 is 5.97 Å². The van der Waals surface area contributed by atoms with E-state index in [0.717, 1.165) is 29.9 Å². The Morgan fingerprint density at radius 2 is 2.00 bits per heavy atom. The van der Waals surface area contributed by atoms with Crippen LogP contribution in [0.4, 0.5) is 5.00 Å². The third-order valence-corrected chi connectivity index (χ3v) is 7.53. The van der Waals surface area contributed by atoms with Gasteiger partial charge in [0.15, 0.2) is 0 Å². The van der Waals surface area contributed by atoms with Gasteiger partial charge in [0.25, 0.3) is 5.91 Å². The van der Waals surface area contributed by atoms with Crippen LogP contribution in [0.3, 0.4) is 0 Å². The van der Waals surface area contributed by atoms with Gasteiger partial charge in [0.05, 0.1) is 23.6 Å². The molecule has 2 N–H and O–H groups in total. The molecule has 0 aromatic carbocycles. The van der Waals surface area contributed by atoms with Gasteiger partial charge in [-0.3, -0.25) is 14.5 Å². The first-order chi connectivity index (χ1) is 13.8. The van der Waals surface area contributed by atoms with Gasteiger partial charge in [-0.05, 0) is 51.5 Å². The molecule has 1 aromatic rings. The van der Waals surface area contributed by atoms with Crippen molar-refractivity contribution in [3.8, 4) is 0 Å². The molecule has 1 fully saturated rings. The number of esters is 1. The van der Waals surface area contributed by atoms with Crippen LogP contribution in [0.25, 0.3) is 0 Å². The van der Waals surface area contributed by atoms with Gasteiger partial charge in [-0.1, -0.05) is 6.92 Å². The van der Waals surface area contributed by atoms with Crippen LogP contribution in [0.5, 0.6) is 0 Å². The molecule has 0 bridgehead atoms. The minimum absolute atomic E-state index is 0.200. The maximum atomic E-state index is 12.7. The molecule has 2 atom stereocenters. The molecule has 162 valence electrons. The number of anilines is 1. The van der Waals surface area contributed by atoms with Gasteiger partial charge in [0, 0.05) is 18.3 Å². The lowest BCUT2D eigenvalue weighted by atomic mass is 10.1. The Kier molecular flexibility index (Phi) is 8.98. The average molecular weight is 442 g/mol. The van der Waals surface area contributed by atoms with E-state index in [1.807, 2.05) is 18.8 Å². The van der Waals surface area contributed by atoms with Gasteiger partial charge in [-0.25, -0.2) is 4.79 Å². The first-order valence-electron chi connectivity index (χ1n) is 9.96. The van der Waals surface area contributed by atoms with Crippen LogP contribution in [0.15, 0.2) is 0 Å². The Morgan fingerprint density at radius 3 is 2.62 bits per heavy atom. The topological polar surface area (TPSA) is 87.7 Å². The number of amides is 2. The van der Waals surface area contributed by atoms with Crippen molar-refractivity contribution in [3.05, 3.63) is 16.0 Å². The molecule has 0 aliphatic heterocycles. The number of thiophene rings is 1. The number of hydrogen-bond donors (Lipinski definition) is 2. The van der Waals surface area contributed by atoms with Crippen molar-refractivity contribution >= 4 is 45.9 Å². The lowest BCUT2D eigenvalue weighted by molar-refractivity contribution is -0.117. The summed E-state index contributed by atoms with van der Waals surface area (Å²) in [7, 11) is 3.50. The molecule has 29 heavy (non-hydrogen) atoms. The highest BCUT2D eigenvalue weighted by molar-refractivity contribution is 7.99. The summed E-state index contributed by atoms with van der Waals surface area (Å²) in [6.07, 6.45) is 3.37. The molecule has 7 nitrogen and oxygen atoms in total. The number of ether oxygens (including phenoxy) is 1. The quantitative estimate of drug-likeness (QED) is 0.573. The molecule has 1 heterocycles. The Labute approximate surface area is 180 Å². The van der Waals surface area contributed by atoms with Gasteiger partial charge < -0.3 is 15.4 Å². The van der Waals surface area contributed by atoms with Crippen molar-refractivity contribution in [2.75, 3.05) is 38.3 Å². The summed E-state index contributed by atoms with van der Waals surface area (Å²) in [5.74, 6) is 0.0922. The van der Waals surface area contributed by atoms with Gasteiger partial charge in [-0.2, -0.15) is 11.8 Å². The molecule has 0 saturated heterocycles. The molecular weight excluding hydrogens is 410 g/mol. The lowest BCUT2D eigenvalue weighted by Crippen LogP contribution is -2.37. The number of carbonyl (C=O) groups is 3. The van der Waals surface area contributed by atoms with E-state index in [2.05, 4.69) is 22.5 Å². The molecule has 1 saturated carbocycles. The zero-order chi connectivity index (χ0) is 21.6. The van der Waals surface area contributed by atoms with E-state index in [1.165, 1.54) is 13.5 Å². The predicted molar refractivity (Wildman–Crippen MR) is 119 cm³/mol. The third-order valence-electron chi connectivity index (χ3n) is 5.09. The lowest BCUT2D eigenvalue weighted by Gasteiger charge is -2.23. The summed E-state index contributed by atoms with van der Waals surface area (Å²) >= 11 is 3.09. The van der Waals surface area contributed by atoms with Gasteiger partial charge in [0.2, 0.25) is 5.91 Å². The summed E-state index contributed by atoms with van der Waals surface area (Å²) < 4.78 is 5.13. The highest BCUT2D eigenvalue weighted by Gasteiger charge is 2.30. The summed E-state index contributed by atoms with van der Waals surface area (Å²) in [5, 5.41) is 6.43. The first kappa shape index (κ1) is 23.7. The second-order valence-corrected chi connectivity index (χ2v) is 9.67. The van der Waals surface area contributed by atoms with E-state index in [-0.39, 0.29) is 30.5 Å². The van der Waals surface area contributed by atoms with Crippen molar-refractivity contribution in [1.82, 2.24) is 10.2 Å². The Bertz CT molecular complexity index is 750. The van der Waals surface area contributed by atoms with Crippen molar-refractivity contribution in [1.29, 1.82) is 0 Å². The maximum Gasteiger partial charge on any atom is 0.341 e. The van der Waals surface area contributed by atoms with Crippen molar-refractivity contribution < 1.29 is 19.1 Å². The number of hydrogen-bond acceptors (Lipinski definition) is 7. The molecule has 0 radical (unpaired) electrons. The second kappa shape index (κ2) is 11.0. The van der Waals surface area contributed by atoms with E-state index in [4.69, 9.17) is 4.74 Å². The summed E-state index contributed by atoms with van der Waals surface area (Å²) in [5.41, 5.74) is 0.776. The number of nitrogens with one attached hydrogen (secondary N) is 2. The smallest absolute Gasteiger partial charge is 0.341 e. The molecule has 2 amide bonds. The van der Waals surface area contributed by atoms with Crippen LogP contribution in [-0.2, 0) is 9.53 Å². The summed E-state index contributed by atoms with van der Waals surface area (Å²) in [6, 6.07) is 0.390. The average Bonchev–Trinajstić information content (AvgIpc) is 3.26. The Balaban J connectivity index is 2.10. The molecule has 2 rings (SSSR count). The van der Waals surface area contributed by atoms with Crippen LogP contribution >= 0.6 is 23.1 Å². The molecule has 1 aliphatic carbocycles. The second-order valence-electron chi connectivity index (χ2n) is 7.07.